The van der Waals surface area contributed by atoms with Crippen molar-refractivity contribution in [2.45, 2.75) is 50.8 Å². The monoisotopic (exact) mass is 488 g/mol. The van der Waals surface area contributed by atoms with Crippen molar-refractivity contribution in [3.05, 3.63) is 42.5 Å². The van der Waals surface area contributed by atoms with E-state index >= 15 is 0 Å². The fourth-order valence-electron chi connectivity index (χ4n) is 4.59. The van der Waals surface area contributed by atoms with E-state index in [2.05, 4.69) is 18.7 Å². The van der Waals surface area contributed by atoms with E-state index in [4.69, 9.17) is 9.84 Å². The fraction of sp³-hybridized carbons (Fsp3) is 0.500. The summed E-state index contributed by atoms with van der Waals surface area (Å²) in [7, 11) is 0.0927. The molecule has 0 amide bonds. The van der Waals surface area contributed by atoms with E-state index in [-0.39, 0.29) is 29.1 Å². The van der Waals surface area contributed by atoms with Crippen LogP contribution in [0.3, 0.4) is 0 Å². The van der Waals surface area contributed by atoms with E-state index in [9.17, 15) is 13.2 Å². The summed E-state index contributed by atoms with van der Waals surface area (Å²) in [5.74, 6) is -0.519. The van der Waals surface area contributed by atoms with Crippen molar-refractivity contribution in [3.8, 4) is 5.75 Å². The number of hydrogen-bond donors (Lipinski definition) is 1. The SMILES string of the molecule is CCCCC1(CC)CN(c2ccccc2)c2cc(N(C)C)c(OCCC(=O)O)cc2S(=O)(=O)C1. The van der Waals surface area contributed by atoms with Gasteiger partial charge in [0.1, 0.15) is 5.75 Å². The number of hydrogen-bond acceptors (Lipinski definition) is 6. The van der Waals surface area contributed by atoms with Gasteiger partial charge in [0.15, 0.2) is 9.84 Å². The summed E-state index contributed by atoms with van der Waals surface area (Å²) < 4.78 is 33.5. The van der Waals surface area contributed by atoms with Crippen molar-refractivity contribution in [1.82, 2.24) is 0 Å². The third-order valence-electron chi connectivity index (χ3n) is 6.59. The standard InChI is InChI=1S/C26H36N2O5S/c1-5-7-14-26(6-2)18-28(20-11-9-8-10-12-20)22-16-21(27(3)4)23(33-15-13-25(29)30)17-24(22)34(31,32)19-26/h8-12,16-17H,5-7,13-15,18-19H2,1-4H3,(H,29,30). The molecule has 1 aliphatic rings. The van der Waals surface area contributed by atoms with Crippen LogP contribution in [0.5, 0.6) is 5.75 Å². The third kappa shape index (κ3) is 5.66. The minimum absolute atomic E-state index is 0.0349. The average molecular weight is 489 g/mol. The van der Waals surface area contributed by atoms with Crippen LogP contribution < -0.4 is 14.5 Å². The molecule has 1 atom stereocenters. The number of para-hydroxylation sites is 1. The molecule has 1 unspecified atom stereocenters. The second-order valence-corrected chi connectivity index (χ2v) is 11.3. The molecule has 0 aliphatic carbocycles. The second kappa shape index (κ2) is 10.7. The molecule has 2 aromatic carbocycles. The Morgan fingerprint density at radius 3 is 2.47 bits per heavy atom. The van der Waals surface area contributed by atoms with E-state index in [1.807, 2.05) is 55.4 Å². The average Bonchev–Trinajstić information content (AvgIpc) is 2.90. The summed E-state index contributed by atoms with van der Waals surface area (Å²) in [6.45, 7) is 4.77. The van der Waals surface area contributed by atoms with Gasteiger partial charge in [-0.1, -0.05) is 44.9 Å². The van der Waals surface area contributed by atoms with E-state index in [1.54, 1.807) is 6.07 Å². The van der Waals surface area contributed by atoms with Crippen LogP contribution in [-0.2, 0) is 14.6 Å². The maximum Gasteiger partial charge on any atom is 0.306 e. The lowest BCUT2D eigenvalue weighted by atomic mass is 9.81. The molecule has 34 heavy (non-hydrogen) atoms. The fourth-order valence-corrected chi connectivity index (χ4v) is 6.77. The molecule has 2 aromatic rings. The minimum Gasteiger partial charge on any atom is -0.491 e. The molecule has 0 saturated carbocycles. The molecule has 0 bridgehead atoms. The molecule has 1 N–H and O–H groups in total. The summed E-state index contributed by atoms with van der Waals surface area (Å²) in [5.41, 5.74) is 1.90. The number of anilines is 3. The Morgan fingerprint density at radius 2 is 1.88 bits per heavy atom. The molecule has 7 nitrogen and oxygen atoms in total. The van der Waals surface area contributed by atoms with Crippen molar-refractivity contribution < 1.29 is 23.1 Å². The minimum atomic E-state index is -3.63. The van der Waals surface area contributed by atoms with Crippen molar-refractivity contribution in [1.29, 1.82) is 0 Å². The van der Waals surface area contributed by atoms with Gasteiger partial charge in [0.2, 0.25) is 0 Å². The van der Waals surface area contributed by atoms with Gasteiger partial charge in [-0.2, -0.15) is 0 Å². The number of fused-ring (bicyclic) bond motifs is 1. The predicted molar refractivity (Wildman–Crippen MR) is 136 cm³/mol. The van der Waals surface area contributed by atoms with Crippen LogP contribution >= 0.6 is 0 Å². The highest BCUT2D eigenvalue weighted by Gasteiger charge is 2.42. The topological polar surface area (TPSA) is 87.2 Å². The summed E-state index contributed by atoms with van der Waals surface area (Å²) >= 11 is 0. The smallest absolute Gasteiger partial charge is 0.306 e. The van der Waals surface area contributed by atoms with E-state index < -0.39 is 15.8 Å². The number of rotatable bonds is 10. The maximum absolute atomic E-state index is 13.8. The Kier molecular flexibility index (Phi) is 8.13. The van der Waals surface area contributed by atoms with Crippen LogP contribution in [0.2, 0.25) is 0 Å². The van der Waals surface area contributed by atoms with Crippen molar-refractivity contribution in [3.63, 3.8) is 0 Å². The van der Waals surface area contributed by atoms with E-state index in [0.717, 1.165) is 31.4 Å². The van der Waals surface area contributed by atoms with Gasteiger partial charge in [-0.05, 0) is 31.0 Å². The van der Waals surface area contributed by atoms with Gasteiger partial charge in [-0.25, -0.2) is 8.42 Å². The number of unbranched alkanes of at least 4 members (excludes halogenated alkanes) is 1. The summed E-state index contributed by atoms with van der Waals surface area (Å²) in [6, 6.07) is 13.3. The lowest BCUT2D eigenvalue weighted by molar-refractivity contribution is -0.137. The predicted octanol–water partition coefficient (Wildman–Crippen LogP) is 5.12. The van der Waals surface area contributed by atoms with Crippen molar-refractivity contribution in [2.24, 2.45) is 5.41 Å². The highest BCUT2D eigenvalue weighted by molar-refractivity contribution is 7.91. The normalized spacial score (nSPS) is 19.2. The van der Waals surface area contributed by atoms with Crippen LogP contribution in [0.1, 0.15) is 46.0 Å². The highest BCUT2D eigenvalue weighted by Crippen LogP contribution is 2.47. The van der Waals surface area contributed by atoms with Crippen LogP contribution in [-0.4, -0.2) is 52.5 Å². The zero-order valence-electron chi connectivity index (χ0n) is 20.6. The van der Waals surface area contributed by atoms with Crippen LogP contribution in [0, 0.1) is 5.41 Å². The Morgan fingerprint density at radius 1 is 1.18 bits per heavy atom. The second-order valence-electron chi connectivity index (χ2n) is 9.31. The zero-order chi connectivity index (χ0) is 24.9. The van der Waals surface area contributed by atoms with Crippen molar-refractivity contribution in [2.75, 3.05) is 42.8 Å². The Bertz CT molecular complexity index is 1100. The van der Waals surface area contributed by atoms with Gasteiger partial charge in [-0.15, -0.1) is 0 Å². The summed E-state index contributed by atoms with van der Waals surface area (Å²) in [6.07, 6.45) is 3.40. The molecule has 3 rings (SSSR count). The molecule has 1 heterocycles. The molecule has 186 valence electrons. The van der Waals surface area contributed by atoms with Gasteiger partial charge < -0.3 is 19.6 Å². The Hall–Kier alpha value is -2.74. The van der Waals surface area contributed by atoms with Crippen LogP contribution in [0.4, 0.5) is 17.1 Å². The Balaban J connectivity index is 2.22. The number of benzene rings is 2. The number of carboxylic acid groups (broad SMARTS) is 1. The van der Waals surface area contributed by atoms with Gasteiger partial charge in [0.05, 0.1) is 35.1 Å². The first-order valence-corrected chi connectivity index (χ1v) is 13.5. The molecule has 0 radical (unpaired) electrons. The molecular weight excluding hydrogens is 452 g/mol. The lowest BCUT2D eigenvalue weighted by Gasteiger charge is -2.36. The molecule has 0 aromatic heterocycles. The highest BCUT2D eigenvalue weighted by atomic mass is 32.2. The summed E-state index contributed by atoms with van der Waals surface area (Å²) in [5, 5.41) is 9.01. The number of aliphatic carboxylic acids is 1. The zero-order valence-corrected chi connectivity index (χ0v) is 21.4. The Labute approximate surface area is 203 Å². The first-order valence-electron chi connectivity index (χ1n) is 11.9. The molecule has 0 saturated heterocycles. The lowest BCUT2D eigenvalue weighted by Crippen LogP contribution is -2.37. The number of nitrogens with zero attached hydrogens (tertiary/aromatic N) is 2. The van der Waals surface area contributed by atoms with Gasteiger partial charge in [0, 0.05) is 37.8 Å². The van der Waals surface area contributed by atoms with E-state index in [0.29, 0.717) is 23.7 Å². The van der Waals surface area contributed by atoms with Crippen LogP contribution in [0.15, 0.2) is 47.4 Å². The first-order chi connectivity index (χ1) is 16.1. The number of carboxylic acids is 1. The molecular formula is C26H36N2O5S. The van der Waals surface area contributed by atoms with Gasteiger partial charge in [-0.3, -0.25) is 4.79 Å². The maximum atomic E-state index is 13.8. The number of carbonyl (C=O) groups is 1. The number of sulfone groups is 1. The summed E-state index contributed by atoms with van der Waals surface area (Å²) in [4.78, 5) is 15.2. The van der Waals surface area contributed by atoms with Crippen molar-refractivity contribution >= 4 is 32.9 Å². The quantitative estimate of drug-likeness (QED) is 0.497. The van der Waals surface area contributed by atoms with Gasteiger partial charge >= 0.3 is 5.97 Å². The molecule has 0 fully saturated rings. The first kappa shape index (κ1) is 25.9. The third-order valence-corrected chi connectivity index (χ3v) is 8.58. The molecule has 8 heteroatoms. The molecule has 0 spiro atoms. The molecule has 1 aliphatic heterocycles. The van der Waals surface area contributed by atoms with E-state index in [1.165, 1.54) is 0 Å². The van der Waals surface area contributed by atoms with Gasteiger partial charge in [0.25, 0.3) is 0 Å². The largest absolute Gasteiger partial charge is 0.491 e. The van der Waals surface area contributed by atoms with Crippen LogP contribution in [0.25, 0.3) is 0 Å². The number of ether oxygens (including phenoxy) is 1.